The van der Waals surface area contributed by atoms with Gasteiger partial charge in [-0.3, -0.25) is 4.79 Å². The van der Waals surface area contributed by atoms with Gasteiger partial charge in [0.25, 0.3) is 0 Å². The summed E-state index contributed by atoms with van der Waals surface area (Å²) in [4.78, 5) is 13.9. The lowest BCUT2D eigenvalue weighted by atomic mass is 10.2. The van der Waals surface area contributed by atoms with Crippen LogP contribution >= 0.6 is 0 Å². The lowest BCUT2D eigenvalue weighted by Crippen LogP contribution is -2.34. The van der Waals surface area contributed by atoms with E-state index in [0.717, 1.165) is 5.69 Å². The third kappa shape index (κ3) is 4.60. The van der Waals surface area contributed by atoms with Crippen molar-refractivity contribution in [3.63, 3.8) is 0 Å². The monoisotopic (exact) mass is 297 g/mol. The lowest BCUT2D eigenvalue weighted by molar-refractivity contribution is -0.115. The van der Waals surface area contributed by atoms with Crippen molar-refractivity contribution in [3.8, 4) is 6.07 Å². The molecule has 0 aromatic heterocycles. The maximum Gasteiger partial charge on any atom is 0.243 e. The predicted octanol–water partition coefficient (Wildman–Crippen LogP) is 3.18. The molecular weight excluding hydrogens is 281 g/mol. The molecule has 0 saturated carbocycles. The first-order valence-corrected chi connectivity index (χ1v) is 6.91. The molecule has 1 N–H and O–H groups in total. The molecule has 0 aliphatic carbocycles. The summed E-state index contributed by atoms with van der Waals surface area (Å²) in [6, 6.07) is 17.2. The van der Waals surface area contributed by atoms with Crippen molar-refractivity contribution in [2.75, 3.05) is 23.3 Å². The molecule has 0 atom stereocenters. The molecule has 4 nitrogen and oxygen atoms in total. The molecule has 2 rings (SSSR count). The van der Waals surface area contributed by atoms with Crippen molar-refractivity contribution in [2.24, 2.45) is 0 Å². The van der Waals surface area contributed by atoms with Crippen LogP contribution in [-0.4, -0.2) is 19.0 Å². The van der Waals surface area contributed by atoms with Crippen LogP contribution in [0.2, 0.25) is 0 Å². The Morgan fingerprint density at radius 2 is 1.95 bits per heavy atom. The van der Waals surface area contributed by atoms with Gasteiger partial charge >= 0.3 is 0 Å². The quantitative estimate of drug-likeness (QED) is 0.891. The van der Waals surface area contributed by atoms with Crippen molar-refractivity contribution in [3.05, 3.63) is 60.4 Å². The number of anilines is 2. The number of halogens is 1. The summed E-state index contributed by atoms with van der Waals surface area (Å²) < 4.78 is 13.1. The molecular formula is C17H16FN3O. The summed E-state index contributed by atoms with van der Waals surface area (Å²) in [5.41, 5.74) is 1.28. The number of hydrogen-bond acceptors (Lipinski definition) is 3. The van der Waals surface area contributed by atoms with Crippen LogP contribution in [0, 0.1) is 17.1 Å². The predicted molar refractivity (Wildman–Crippen MR) is 83.9 cm³/mol. The fraction of sp³-hybridized carbons (Fsp3) is 0.176. The van der Waals surface area contributed by atoms with Crippen molar-refractivity contribution >= 4 is 17.3 Å². The van der Waals surface area contributed by atoms with Crippen LogP contribution < -0.4 is 10.2 Å². The number of carbonyl (C=O) groups is 1. The van der Waals surface area contributed by atoms with Gasteiger partial charge in [0.15, 0.2) is 0 Å². The van der Waals surface area contributed by atoms with Crippen molar-refractivity contribution in [1.82, 2.24) is 0 Å². The maximum atomic E-state index is 13.1. The van der Waals surface area contributed by atoms with Crippen molar-refractivity contribution < 1.29 is 9.18 Å². The van der Waals surface area contributed by atoms with E-state index >= 15 is 0 Å². The Hall–Kier alpha value is -2.87. The SMILES string of the molecule is N#CCCN(CC(=O)Nc1cccc(F)c1)c1ccccc1. The van der Waals surface area contributed by atoms with Crippen LogP contribution in [0.25, 0.3) is 0 Å². The van der Waals surface area contributed by atoms with Gasteiger partial charge in [0.2, 0.25) is 5.91 Å². The van der Waals surface area contributed by atoms with E-state index in [0.29, 0.717) is 18.7 Å². The molecule has 0 heterocycles. The second-order valence-corrected chi connectivity index (χ2v) is 4.72. The van der Waals surface area contributed by atoms with Gasteiger partial charge in [-0.15, -0.1) is 0 Å². The van der Waals surface area contributed by atoms with Crippen molar-refractivity contribution in [2.45, 2.75) is 6.42 Å². The first-order valence-electron chi connectivity index (χ1n) is 6.91. The molecule has 0 bridgehead atoms. The normalized spacial score (nSPS) is 9.82. The van der Waals surface area contributed by atoms with E-state index in [1.54, 1.807) is 6.07 Å². The second-order valence-electron chi connectivity index (χ2n) is 4.72. The third-order valence-electron chi connectivity index (χ3n) is 3.06. The zero-order valence-electron chi connectivity index (χ0n) is 12.0. The Kier molecular flexibility index (Phi) is 5.50. The highest BCUT2D eigenvalue weighted by Gasteiger charge is 2.11. The Morgan fingerprint density at radius 3 is 2.64 bits per heavy atom. The lowest BCUT2D eigenvalue weighted by Gasteiger charge is -2.23. The highest BCUT2D eigenvalue weighted by atomic mass is 19.1. The number of nitrogens with one attached hydrogen (secondary N) is 1. The minimum Gasteiger partial charge on any atom is -0.361 e. The number of para-hydroxylation sites is 1. The van der Waals surface area contributed by atoms with Crippen molar-refractivity contribution in [1.29, 1.82) is 5.26 Å². The zero-order valence-corrected chi connectivity index (χ0v) is 12.0. The minimum atomic E-state index is -0.401. The maximum absolute atomic E-state index is 13.1. The minimum absolute atomic E-state index is 0.0994. The number of hydrogen-bond donors (Lipinski definition) is 1. The Bertz CT molecular complexity index is 667. The molecule has 0 fully saturated rings. The van der Waals surface area contributed by atoms with Gasteiger partial charge in [-0.05, 0) is 30.3 Å². The zero-order chi connectivity index (χ0) is 15.8. The number of nitrogens with zero attached hydrogens (tertiary/aromatic N) is 2. The number of carbonyl (C=O) groups excluding carboxylic acids is 1. The summed E-state index contributed by atoms with van der Waals surface area (Å²) in [6.07, 6.45) is 0.322. The number of amides is 1. The molecule has 2 aromatic rings. The molecule has 1 amide bonds. The molecule has 2 aromatic carbocycles. The summed E-state index contributed by atoms with van der Waals surface area (Å²) >= 11 is 0. The van der Waals surface area contributed by atoms with Crippen LogP contribution in [-0.2, 0) is 4.79 Å². The van der Waals surface area contributed by atoms with Crippen LogP contribution in [0.15, 0.2) is 54.6 Å². The molecule has 0 unspecified atom stereocenters. The summed E-state index contributed by atoms with van der Waals surface area (Å²) in [5, 5.41) is 11.4. The molecule has 0 aliphatic rings. The topological polar surface area (TPSA) is 56.1 Å². The van der Waals surface area contributed by atoms with Gasteiger partial charge in [-0.1, -0.05) is 24.3 Å². The fourth-order valence-corrected chi connectivity index (χ4v) is 2.06. The van der Waals surface area contributed by atoms with Gasteiger partial charge in [-0.25, -0.2) is 4.39 Å². The van der Waals surface area contributed by atoms with Crippen LogP contribution in [0.4, 0.5) is 15.8 Å². The van der Waals surface area contributed by atoms with E-state index in [-0.39, 0.29) is 12.5 Å². The summed E-state index contributed by atoms with van der Waals surface area (Å²) in [5.74, 6) is -0.658. The standard InChI is InChI=1S/C17H16FN3O/c18-14-6-4-7-15(12-14)20-17(22)13-21(11-5-10-19)16-8-2-1-3-9-16/h1-4,6-9,12H,5,11,13H2,(H,20,22). The fourth-order valence-electron chi connectivity index (χ4n) is 2.06. The average Bonchev–Trinajstić information content (AvgIpc) is 2.52. The molecule has 22 heavy (non-hydrogen) atoms. The van der Waals surface area contributed by atoms with Gasteiger partial charge in [-0.2, -0.15) is 5.26 Å². The smallest absolute Gasteiger partial charge is 0.243 e. The first kappa shape index (κ1) is 15.5. The van der Waals surface area contributed by atoms with Crippen LogP contribution in [0.5, 0.6) is 0 Å². The summed E-state index contributed by atoms with van der Waals surface area (Å²) in [6.45, 7) is 0.555. The summed E-state index contributed by atoms with van der Waals surface area (Å²) in [7, 11) is 0. The Morgan fingerprint density at radius 1 is 1.18 bits per heavy atom. The van der Waals surface area contributed by atoms with Gasteiger partial charge < -0.3 is 10.2 Å². The number of benzene rings is 2. The van der Waals surface area contributed by atoms with Crippen LogP contribution in [0.1, 0.15) is 6.42 Å². The van der Waals surface area contributed by atoms with E-state index in [4.69, 9.17) is 5.26 Å². The number of rotatable bonds is 6. The van der Waals surface area contributed by atoms with E-state index in [2.05, 4.69) is 11.4 Å². The molecule has 5 heteroatoms. The van der Waals surface area contributed by atoms with E-state index in [9.17, 15) is 9.18 Å². The van der Waals surface area contributed by atoms with E-state index < -0.39 is 5.82 Å². The number of nitriles is 1. The van der Waals surface area contributed by atoms with E-state index in [1.165, 1.54) is 18.2 Å². The third-order valence-corrected chi connectivity index (χ3v) is 3.06. The average molecular weight is 297 g/mol. The molecule has 112 valence electrons. The Balaban J connectivity index is 2.03. The first-order chi connectivity index (χ1) is 10.7. The molecule has 0 aliphatic heterocycles. The largest absolute Gasteiger partial charge is 0.361 e. The van der Waals surface area contributed by atoms with E-state index in [1.807, 2.05) is 35.2 Å². The van der Waals surface area contributed by atoms with Gasteiger partial charge in [0.1, 0.15) is 5.82 Å². The van der Waals surface area contributed by atoms with Gasteiger partial charge in [0.05, 0.1) is 19.0 Å². The Labute approximate surface area is 128 Å². The molecule has 0 saturated heterocycles. The molecule has 0 spiro atoms. The van der Waals surface area contributed by atoms with Gasteiger partial charge in [0, 0.05) is 17.9 Å². The molecule has 0 radical (unpaired) electrons. The second kappa shape index (κ2) is 7.79. The highest BCUT2D eigenvalue weighted by molar-refractivity contribution is 5.94. The highest BCUT2D eigenvalue weighted by Crippen LogP contribution is 2.14. The van der Waals surface area contributed by atoms with Crippen LogP contribution in [0.3, 0.4) is 0 Å².